The number of aryl methyl sites for hydroxylation is 1. The van der Waals surface area contributed by atoms with E-state index in [4.69, 9.17) is 16.3 Å². The van der Waals surface area contributed by atoms with Crippen LogP contribution in [0.25, 0.3) is 10.9 Å². The highest BCUT2D eigenvalue weighted by atomic mass is 35.5. The predicted molar refractivity (Wildman–Crippen MR) is 81.9 cm³/mol. The number of hydrogen-bond donors (Lipinski definition) is 2. The predicted octanol–water partition coefficient (Wildman–Crippen LogP) is 3.78. The van der Waals surface area contributed by atoms with E-state index in [9.17, 15) is 9.90 Å². The molecular formula is C16H18ClNO3. The quantitative estimate of drug-likeness (QED) is 0.907. The van der Waals surface area contributed by atoms with Crippen LogP contribution in [0.15, 0.2) is 12.1 Å². The molecular weight excluding hydrogens is 290 g/mol. The Morgan fingerprint density at radius 2 is 2.29 bits per heavy atom. The van der Waals surface area contributed by atoms with Gasteiger partial charge in [0.05, 0.1) is 24.2 Å². The van der Waals surface area contributed by atoms with Crippen molar-refractivity contribution in [1.82, 2.24) is 4.98 Å². The van der Waals surface area contributed by atoms with Crippen LogP contribution in [0.1, 0.15) is 36.6 Å². The van der Waals surface area contributed by atoms with Gasteiger partial charge >= 0.3 is 5.97 Å². The number of carboxylic acids is 1. The normalized spacial score (nSPS) is 21.5. The number of hydrogen-bond acceptors (Lipinski definition) is 2. The molecule has 3 rings (SSSR count). The summed E-state index contributed by atoms with van der Waals surface area (Å²) in [5.74, 6) is -0.849. The van der Waals surface area contributed by atoms with Gasteiger partial charge in [0.15, 0.2) is 0 Å². The summed E-state index contributed by atoms with van der Waals surface area (Å²) < 4.78 is 5.91. The van der Waals surface area contributed by atoms with E-state index in [-0.39, 0.29) is 6.42 Å². The van der Waals surface area contributed by atoms with Crippen molar-refractivity contribution in [2.24, 2.45) is 0 Å². The minimum absolute atomic E-state index is 0.0316. The third kappa shape index (κ3) is 2.14. The summed E-state index contributed by atoms with van der Waals surface area (Å²) in [4.78, 5) is 14.7. The van der Waals surface area contributed by atoms with Crippen molar-refractivity contribution in [3.8, 4) is 0 Å². The number of H-pyrrole nitrogens is 1. The van der Waals surface area contributed by atoms with Gasteiger partial charge in [0, 0.05) is 10.4 Å². The van der Waals surface area contributed by atoms with Gasteiger partial charge in [-0.15, -0.1) is 0 Å². The Morgan fingerprint density at radius 3 is 2.95 bits per heavy atom. The van der Waals surface area contributed by atoms with Gasteiger partial charge in [-0.2, -0.15) is 0 Å². The fraction of sp³-hybridized carbons (Fsp3) is 0.438. The van der Waals surface area contributed by atoms with Crippen molar-refractivity contribution in [1.29, 1.82) is 0 Å². The van der Waals surface area contributed by atoms with E-state index in [1.54, 1.807) is 0 Å². The molecule has 0 amide bonds. The molecule has 1 aromatic carbocycles. The van der Waals surface area contributed by atoms with Crippen molar-refractivity contribution in [2.75, 3.05) is 6.61 Å². The molecule has 0 unspecified atom stereocenters. The molecule has 1 aliphatic heterocycles. The molecule has 0 saturated carbocycles. The van der Waals surface area contributed by atoms with Crippen LogP contribution in [0.2, 0.25) is 5.02 Å². The number of carboxylic acid groups (broad SMARTS) is 1. The van der Waals surface area contributed by atoms with E-state index >= 15 is 0 Å². The van der Waals surface area contributed by atoms with Crippen LogP contribution < -0.4 is 0 Å². The first-order valence-corrected chi connectivity index (χ1v) is 7.52. The molecule has 2 aromatic rings. The van der Waals surface area contributed by atoms with Gasteiger partial charge in [-0.3, -0.25) is 4.79 Å². The highest BCUT2D eigenvalue weighted by Crippen LogP contribution is 2.42. The second kappa shape index (κ2) is 5.04. The number of rotatable bonds is 3. The molecule has 0 fully saturated rings. The minimum Gasteiger partial charge on any atom is -0.481 e. The maximum Gasteiger partial charge on any atom is 0.306 e. The van der Waals surface area contributed by atoms with Crippen LogP contribution in [-0.4, -0.2) is 22.7 Å². The van der Waals surface area contributed by atoms with Crippen LogP contribution >= 0.6 is 11.6 Å². The summed E-state index contributed by atoms with van der Waals surface area (Å²) in [5, 5.41) is 11.1. The second-order valence-corrected chi connectivity index (χ2v) is 6.00. The van der Waals surface area contributed by atoms with Gasteiger partial charge in [0.25, 0.3) is 0 Å². The summed E-state index contributed by atoms with van der Waals surface area (Å²) in [6.07, 6.45) is 1.37. The van der Waals surface area contributed by atoms with Gasteiger partial charge < -0.3 is 14.8 Å². The zero-order valence-electron chi connectivity index (χ0n) is 12.1. The lowest BCUT2D eigenvalue weighted by Gasteiger charge is -2.35. The third-order valence-electron chi connectivity index (χ3n) is 4.47. The lowest BCUT2D eigenvalue weighted by atomic mass is 9.86. The number of fused-ring (bicyclic) bond motifs is 3. The SMILES string of the molecule is CC[C@@]1(CC(=O)O)OCCc2c1[nH]c1c(C)c(Cl)ccc21. The molecule has 0 aliphatic carbocycles. The van der Waals surface area contributed by atoms with Crippen LogP contribution in [0.4, 0.5) is 0 Å². The maximum absolute atomic E-state index is 11.3. The molecule has 4 nitrogen and oxygen atoms in total. The summed E-state index contributed by atoms with van der Waals surface area (Å²) >= 11 is 6.20. The molecule has 0 spiro atoms. The van der Waals surface area contributed by atoms with Crippen molar-refractivity contribution in [3.05, 3.63) is 34.0 Å². The highest BCUT2D eigenvalue weighted by Gasteiger charge is 2.40. The molecule has 5 heteroatoms. The lowest BCUT2D eigenvalue weighted by molar-refractivity contribution is -0.148. The van der Waals surface area contributed by atoms with Crippen LogP contribution in [0.3, 0.4) is 0 Å². The van der Waals surface area contributed by atoms with Crippen molar-refractivity contribution < 1.29 is 14.6 Å². The third-order valence-corrected chi connectivity index (χ3v) is 4.88. The number of carbonyl (C=O) groups is 1. The smallest absolute Gasteiger partial charge is 0.306 e. The average Bonchev–Trinajstić information content (AvgIpc) is 2.83. The van der Waals surface area contributed by atoms with E-state index in [2.05, 4.69) is 4.98 Å². The molecule has 0 bridgehead atoms. The molecule has 1 aliphatic rings. The van der Waals surface area contributed by atoms with Crippen molar-refractivity contribution in [3.63, 3.8) is 0 Å². The highest BCUT2D eigenvalue weighted by molar-refractivity contribution is 6.32. The molecule has 0 saturated heterocycles. The molecule has 1 atom stereocenters. The van der Waals surface area contributed by atoms with Crippen molar-refractivity contribution in [2.45, 2.75) is 38.7 Å². The number of aromatic nitrogens is 1. The number of nitrogens with one attached hydrogen (secondary N) is 1. The van der Waals surface area contributed by atoms with Crippen LogP contribution in [0, 0.1) is 6.92 Å². The number of aliphatic carboxylic acids is 1. The zero-order valence-corrected chi connectivity index (χ0v) is 12.9. The summed E-state index contributed by atoms with van der Waals surface area (Å²) in [5.41, 5.74) is 3.28. The van der Waals surface area contributed by atoms with E-state index in [1.807, 2.05) is 26.0 Å². The lowest BCUT2D eigenvalue weighted by Crippen LogP contribution is -2.37. The van der Waals surface area contributed by atoms with Gasteiger partial charge in [0.1, 0.15) is 5.60 Å². The number of halogens is 1. The second-order valence-electron chi connectivity index (χ2n) is 5.59. The fourth-order valence-corrected chi connectivity index (χ4v) is 3.45. The first-order chi connectivity index (χ1) is 9.98. The monoisotopic (exact) mass is 307 g/mol. The number of benzene rings is 1. The van der Waals surface area contributed by atoms with Gasteiger partial charge in [0.2, 0.25) is 0 Å². The Kier molecular flexibility index (Phi) is 3.46. The Balaban J connectivity index is 2.26. The van der Waals surface area contributed by atoms with Gasteiger partial charge in [-0.05, 0) is 37.0 Å². The first kappa shape index (κ1) is 14.4. The van der Waals surface area contributed by atoms with E-state index in [0.717, 1.165) is 28.6 Å². The molecule has 2 heterocycles. The summed E-state index contributed by atoms with van der Waals surface area (Å²) in [6, 6.07) is 3.90. The Morgan fingerprint density at radius 1 is 1.52 bits per heavy atom. The topological polar surface area (TPSA) is 62.3 Å². The van der Waals surface area contributed by atoms with E-state index in [0.29, 0.717) is 18.1 Å². The van der Waals surface area contributed by atoms with Crippen LogP contribution in [0.5, 0.6) is 0 Å². The number of aromatic amines is 1. The summed E-state index contributed by atoms with van der Waals surface area (Å²) in [7, 11) is 0. The summed E-state index contributed by atoms with van der Waals surface area (Å²) in [6.45, 7) is 4.48. The van der Waals surface area contributed by atoms with E-state index < -0.39 is 11.6 Å². The molecule has 21 heavy (non-hydrogen) atoms. The average molecular weight is 308 g/mol. The van der Waals surface area contributed by atoms with E-state index in [1.165, 1.54) is 5.56 Å². The Bertz CT molecular complexity index is 722. The zero-order chi connectivity index (χ0) is 15.2. The van der Waals surface area contributed by atoms with Gasteiger partial charge in [-0.25, -0.2) is 0 Å². The maximum atomic E-state index is 11.3. The molecule has 0 radical (unpaired) electrons. The molecule has 2 N–H and O–H groups in total. The van der Waals surface area contributed by atoms with Crippen molar-refractivity contribution >= 4 is 28.5 Å². The first-order valence-electron chi connectivity index (χ1n) is 7.14. The Labute approximate surface area is 128 Å². The number of ether oxygens (including phenoxy) is 1. The minimum atomic E-state index is -0.849. The van der Waals surface area contributed by atoms with Gasteiger partial charge in [-0.1, -0.05) is 24.6 Å². The largest absolute Gasteiger partial charge is 0.481 e. The Hall–Kier alpha value is -1.52. The van der Waals surface area contributed by atoms with Crippen LogP contribution in [-0.2, 0) is 21.6 Å². The standard InChI is InChI=1S/C16H18ClNO3/c1-3-16(8-13(19)20)15-11(6-7-21-16)10-4-5-12(17)9(2)14(10)18-15/h4-5,18H,3,6-8H2,1-2H3,(H,19,20)/t16-/m0/s1. The molecule has 112 valence electrons. The molecule has 1 aromatic heterocycles. The fourth-order valence-electron chi connectivity index (χ4n) is 3.29.